The Morgan fingerprint density at radius 2 is 1.87 bits per heavy atom. The number of nitrogens with one attached hydrogen (secondary N) is 1. The molecule has 0 unspecified atom stereocenters. The van der Waals surface area contributed by atoms with E-state index in [4.69, 9.17) is 8.94 Å². The molecule has 0 amide bonds. The first kappa shape index (κ1) is 16.2. The number of furan rings is 1. The minimum absolute atomic E-state index is 0. The van der Waals surface area contributed by atoms with Crippen LogP contribution in [0.25, 0.3) is 23.0 Å². The van der Waals surface area contributed by atoms with E-state index in [1.54, 1.807) is 12.1 Å². The second kappa shape index (κ2) is 6.86. The molecule has 2 aromatic heterocycles. The Kier molecular flexibility index (Phi) is 4.84. The van der Waals surface area contributed by atoms with Crippen molar-refractivity contribution in [1.29, 1.82) is 0 Å². The van der Waals surface area contributed by atoms with Crippen LogP contribution < -0.4 is 5.32 Å². The number of halogens is 2. The maximum atomic E-state index is 5.45. The van der Waals surface area contributed by atoms with Crippen molar-refractivity contribution in [3.8, 4) is 23.0 Å². The highest BCUT2D eigenvalue weighted by Gasteiger charge is 2.15. The largest absolute Gasteiger partial charge is 0.446 e. The van der Waals surface area contributed by atoms with Gasteiger partial charge in [-0.1, -0.05) is 11.2 Å². The summed E-state index contributed by atoms with van der Waals surface area (Å²) in [6.45, 7) is 2.04. The maximum absolute atomic E-state index is 5.45. The van der Waals surface area contributed by atoms with E-state index in [9.17, 15) is 0 Å². The van der Waals surface area contributed by atoms with Gasteiger partial charge in [0.15, 0.2) is 10.4 Å². The van der Waals surface area contributed by atoms with Crippen molar-refractivity contribution in [2.45, 2.75) is 12.8 Å². The molecule has 0 radical (unpaired) electrons. The predicted molar refractivity (Wildman–Crippen MR) is 92.7 cm³/mol. The second-order valence-corrected chi connectivity index (χ2v) is 6.04. The lowest BCUT2D eigenvalue weighted by Crippen LogP contribution is -2.16. The number of hydrogen-bond acceptors (Lipinski definition) is 5. The highest BCUT2D eigenvalue weighted by Crippen LogP contribution is 2.27. The molecule has 0 saturated carbocycles. The van der Waals surface area contributed by atoms with Crippen molar-refractivity contribution < 1.29 is 8.94 Å². The summed E-state index contributed by atoms with van der Waals surface area (Å²) in [5.74, 6) is 1.56. The fourth-order valence-electron chi connectivity index (χ4n) is 2.68. The molecule has 0 atom stereocenters. The normalized spacial score (nSPS) is 14.0. The van der Waals surface area contributed by atoms with Crippen LogP contribution in [0.1, 0.15) is 11.1 Å². The molecule has 5 nitrogen and oxygen atoms in total. The monoisotopic (exact) mass is 395 g/mol. The number of rotatable bonds is 2. The van der Waals surface area contributed by atoms with Crippen molar-refractivity contribution in [2.75, 3.05) is 13.1 Å². The first-order valence-corrected chi connectivity index (χ1v) is 8.01. The summed E-state index contributed by atoms with van der Waals surface area (Å²) in [6.07, 6.45) is 2.08. The minimum Gasteiger partial charge on any atom is -0.446 e. The summed E-state index contributed by atoms with van der Waals surface area (Å²) < 4.78 is 11.5. The molecule has 3 heterocycles. The standard InChI is InChI=1S/C16H14BrN3O2.ClH/c17-14-4-3-13(21-14)15-19-16(22-20-15)12-2-1-10-5-7-18-8-6-11(10)9-12;/h1-4,9,18H,5-8H2;1H. The second-order valence-electron chi connectivity index (χ2n) is 5.26. The molecular formula is C16H15BrClN3O2. The first-order valence-electron chi connectivity index (χ1n) is 7.22. The van der Waals surface area contributed by atoms with E-state index in [1.165, 1.54) is 11.1 Å². The Balaban J connectivity index is 0.00000156. The highest BCUT2D eigenvalue weighted by atomic mass is 79.9. The highest BCUT2D eigenvalue weighted by molar-refractivity contribution is 9.10. The fraction of sp³-hybridized carbons (Fsp3) is 0.250. The summed E-state index contributed by atoms with van der Waals surface area (Å²) in [4.78, 5) is 4.43. The van der Waals surface area contributed by atoms with Crippen molar-refractivity contribution >= 4 is 28.3 Å². The van der Waals surface area contributed by atoms with Gasteiger partial charge in [-0.25, -0.2) is 0 Å². The van der Waals surface area contributed by atoms with Gasteiger partial charge in [-0.05, 0) is 77.3 Å². The third-order valence-electron chi connectivity index (χ3n) is 3.82. The van der Waals surface area contributed by atoms with E-state index in [0.717, 1.165) is 31.5 Å². The molecule has 0 aliphatic carbocycles. The molecule has 4 rings (SSSR count). The molecule has 1 aliphatic rings. The molecule has 0 fully saturated rings. The van der Waals surface area contributed by atoms with E-state index in [-0.39, 0.29) is 12.4 Å². The summed E-state index contributed by atoms with van der Waals surface area (Å²) in [7, 11) is 0. The van der Waals surface area contributed by atoms with Crippen LogP contribution in [0, 0.1) is 0 Å². The molecule has 0 saturated heterocycles. The van der Waals surface area contributed by atoms with Gasteiger partial charge in [0, 0.05) is 5.56 Å². The van der Waals surface area contributed by atoms with Crippen LogP contribution in [0.5, 0.6) is 0 Å². The Hall–Kier alpha value is -1.63. The minimum atomic E-state index is 0. The Morgan fingerprint density at radius 1 is 1.04 bits per heavy atom. The topological polar surface area (TPSA) is 64.1 Å². The van der Waals surface area contributed by atoms with E-state index < -0.39 is 0 Å². The van der Waals surface area contributed by atoms with Crippen LogP contribution >= 0.6 is 28.3 Å². The SMILES string of the molecule is Brc1ccc(-c2noc(-c3ccc4c(c3)CCNCC4)n2)o1.Cl. The molecule has 0 bridgehead atoms. The van der Waals surface area contributed by atoms with Gasteiger partial charge < -0.3 is 14.3 Å². The molecule has 1 aromatic carbocycles. The molecule has 1 N–H and O–H groups in total. The number of fused-ring (bicyclic) bond motifs is 1. The number of nitrogens with zero attached hydrogens (tertiary/aromatic N) is 2. The Bertz CT molecular complexity index is 815. The molecule has 3 aromatic rings. The maximum Gasteiger partial charge on any atom is 0.258 e. The van der Waals surface area contributed by atoms with Gasteiger partial charge >= 0.3 is 0 Å². The summed E-state index contributed by atoms with van der Waals surface area (Å²) in [5, 5.41) is 7.41. The van der Waals surface area contributed by atoms with E-state index >= 15 is 0 Å². The van der Waals surface area contributed by atoms with Crippen LogP contribution in [0.3, 0.4) is 0 Å². The zero-order valence-corrected chi connectivity index (χ0v) is 14.6. The van der Waals surface area contributed by atoms with Crippen LogP contribution in [-0.4, -0.2) is 23.2 Å². The average molecular weight is 397 g/mol. The van der Waals surface area contributed by atoms with E-state index in [0.29, 0.717) is 22.1 Å². The van der Waals surface area contributed by atoms with Crippen molar-refractivity contribution in [3.63, 3.8) is 0 Å². The number of benzene rings is 1. The molecular weight excluding hydrogens is 382 g/mol. The van der Waals surface area contributed by atoms with Gasteiger partial charge in [0.25, 0.3) is 5.89 Å². The van der Waals surface area contributed by atoms with Gasteiger partial charge in [0.05, 0.1) is 0 Å². The summed E-state index contributed by atoms with van der Waals surface area (Å²) in [5.41, 5.74) is 3.69. The van der Waals surface area contributed by atoms with Crippen LogP contribution in [-0.2, 0) is 12.8 Å². The number of hydrogen-bond donors (Lipinski definition) is 1. The zero-order valence-electron chi connectivity index (χ0n) is 12.2. The summed E-state index contributed by atoms with van der Waals surface area (Å²) in [6, 6.07) is 9.96. The van der Waals surface area contributed by atoms with E-state index in [1.807, 2.05) is 6.07 Å². The Labute approximate surface area is 148 Å². The molecule has 120 valence electrons. The molecule has 23 heavy (non-hydrogen) atoms. The summed E-state index contributed by atoms with van der Waals surface area (Å²) >= 11 is 3.27. The van der Waals surface area contributed by atoms with Gasteiger partial charge in [0.1, 0.15) is 0 Å². The van der Waals surface area contributed by atoms with Crippen LogP contribution in [0.4, 0.5) is 0 Å². The van der Waals surface area contributed by atoms with Crippen molar-refractivity contribution in [2.24, 2.45) is 0 Å². The van der Waals surface area contributed by atoms with Crippen molar-refractivity contribution in [1.82, 2.24) is 15.5 Å². The smallest absolute Gasteiger partial charge is 0.258 e. The zero-order chi connectivity index (χ0) is 14.9. The fourth-order valence-corrected chi connectivity index (χ4v) is 2.99. The quantitative estimate of drug-likeness (QED) is 0.712. The average Bonchev–Trinajstić information content (AvgIpc) is 3.11. The predicted octanol–water partition coefficient (Wildman–Crippen LogP) is 3.87. The third kappa shape index (κ3) is 3.34. The lowest BCUT2D eigenvalue weighted by Gasteiger charge is -2.05. The van der Waals surface area contributed by atoms with Gasteiger partial charge in [-0.2, -0.15) is 4.98 Å². The molecule has 0 spiro atoms. The van der Waals surface area contributed by atoms with Crippen LogP contribution in [0.2, 0.25) is 0 Å². The lowest BCUT2D eigenvalue weighted by molar-refractivity contribution is 0.429. The van der Waals surface area contributed by atoms with E-state index in [2.05, 4.69) is 43.5 Å². The third-order valence-corrected chi connectivity index (χ3v) is 4.24. The Morgan fingerprint density at radius 3 is 2.65 bits per heavy atom. The molecule has 1 aliphatic heterocycles. The van der Waals surface area contributed by atoms with Gasteiger partial charge in [0.2, 0.25) is 5.82 Å². The van der Waals surface area contributed by atoms with Crippen molar-refractivity contribution in [3.05, 3.63) is 46.1 Å². The lowest BCUT2D eigenvalue weighted by atomic mass is 10.00. The van der Waals surface area contributed by atoms with Crippen LogP contribution in [0.15, 0.2) is 43.9 Å². The van der Waals surface area contributed by atoms with Gasteiger partial charge in [-0.3, -0.25) is 0 Å². The number of aromatic nitrogens is 2. The van der Waals surface area contributed by atoms with Gasteiger partial charge in [-0.15, -0.1) is 12.4 Å². The molecule has 7 heteroatoms. The first-order chi connectivity index (χ1) is 10.8.